The molecule has 0 saturated heterocycles. The minimum atomic E-state index is 0.316. The molecule has 2 heteroatoms. The van der Waals surface area contributed by atoms with Gasteiger partial charge in [0.05, 0.1) is 0 Å². The molecule has 74 valence electrons. The van der Waals surface area contributed by atoms with E-state index in [-0.39, 0.29) is 0 Å². The molecule has 2 nitrogen and oxygen atoms in total. The van der Waals surface area contributed by atoms with Crippen LogP contribution in [0.2, 0.25) is 0 Å². The van der Waals surface area contributed by atoms with Crippen LogP contribution in [-0.2, 0) is 0 Å². The van der Waals surface area contributed by atoms with Crippen LogP contribution in [0.15, 0.2) is 0 Å². The predicted molar refractivity (Wildman–Crippen MR) is 51.0 cm³/mol. The van der Waals surface area contributed by atoms with E-state index < -0.39 is 0 Å². The molecule has 1 atom stereocenters. The van der Waals surface area contributed by atoms with Crippen molar-refractivity contribution in [3.8, 4) is 0 Å². The third-order valence-electron chi connectivity index (χ3n) is 2.37. The molecule has 0 aromatic heterocycles. The molecule has 2 N–H and O–H groups in total. The number of rotatable bonds is 8. The molecular formula is C10H22O2. The average molecular weight is 174 g/mol. The Morgan fingerprint density at radius 1 is 0.917 bits per heavy atom. The van der Waals surface area contributed by atoms with E-state index in [2.05, 4.69) is 6.92 Å². The lowest BCUT2D eigenvalue weighted by Gasteiger charge is -2.12. The molecule has 0 fully saturated rings. The van der Waals surface area contributed by atoms with Gasteiger partial charge in [-0.2, -0.15) is 0 Å². The average Bonchev–Trinajstić information content (AvgIpc) is 2.11. The second-order valence-electron chi connectivity index (χ2n) is 3.36. The Hall–Kier alpha value is -0.0800. The van der Waals surface area contributed by atoms with Crippen molar-refractivity contribution in [1.29, 1.82) is 0 Å². The van der Waals surface area contributed by atoms with Gasteiger partial charge in [-0.25, -0.2) is 0 Å². The lowest BCUT2D eigenvalue weighted by Crippen LogP contribution is -2.00. The summed E-state index contributed by atoms with van der Waals surface area (Å²) in [6, 6.07) is 0. The van der Waals surface area contributed by atoms with Gasteiger partial charge in [0.25, 0.3) is 0 Å². The summed E-state index contributed by atoms with van der Waals surface area (Å²) < 4.78 is 0. The van der Waals surface area contributed by atoms with Gasteiger partial charge in [-0.15, -0.1) is 0 Å². The van der Waals surface area contributed by atoms with E-state index in [1.807, 2.05) is 0 Å². The topological polar surface area (TPSA) is 40.5 Å². The maximum atomic E-state index is 8.64. The van der Waals surface area contributed by atoms with Crippen molar-refractivity contribution in [2.75, 3.05) is 13.2 Å². The Kier molecular flexibility index (Phi) is 8.95. The zero-order valence-electron chi connectivity index (χ0n) is 8.13. The van der Waals surface area contributed by atoms with Gasteiger partial charge in [0.1, 0.15) is 0 Å². The maximum absolute atomic E-state index is 8.64. The largest absolute Gasteiger partial charge is 0.396 e. The molecule has 0 rings (SSSR count). The van der Waals surface area contributed by atoms with Crippen molar-refractivity contribution in [3.63, 3.8) is 0 Å². The quantitative estimate of drug-likeness (QED) is 0.552. The van der Waals surface area contributed by atoms with Gasteiger partial charge in [0.15, 0.2) is 0 Å². The van der Waals surface area contributed by atoms with Crippen molar-refractivity contribution in [1.82, 2.24) is 0 Å². The van der Waals surface area contributed by atoms with E-state index in [4.69, 9.17) is 10.2 Å². The fourth-order valence-corrected chi connectivity index (χ4v) is 1.48. The molecule has 0 spiro atoms. The van der Waals surface area contributed by atoms with Gasteiger partial charge in [-0.3, -0.25) is 0 Å². The van der Waals surface area contributed by atoms with Gasteiger partial charge in [-0.1, -0.05) is 26.2 Å². The summed E-state index contributed by atoms with van der Waals surface area (Å²) in [5.74, 6) is 0.753. The van der Waals surface area contributed by atoms with Gasteiger partial charge >= 0.3 is 0 Å². The standard InChI is InChI=1S/C10H22O2/c1-2-10(7-5-9-12)6-3-4-8-11/h10-12H,2-9H2,1H3. The number of aliphatic hydroxyl groups is 2. The summed E-state index contributed by atoms with van der Waals surface area (Å²) in [6.07, 6.45) is 6.52. The van der Waals surface area contributed by atoms with Gasteiger partial charge in [0.2, 0.25) is 0 Å². The molecule has 0 aliphatic carbocycles. The summed E-state index contributed by atoms with van der Waals surface area (Å²) in [6.45, 7) is 2.83. The van der Waals surface area contributed by atoms with E-state index in [9.17, 15) is 0 Å². The molecule has 0 bridgehead atoms. The van der Waals surface area contributed by atoms with Gasteiger partial charge in [0, 0.05) is 13.2 Å². The van der Waals surface area contributed by atoms with Crippen LogP contribution in [0, 0.1) is 5.92 Å². The molecule has 0 aliphatic rings. The molecule has 1 unspecified atom stereocenters. The molecule has 0 heterocycles. The Morgan fingerprint density at radius 2 is 1.50 bits per heavy atom. The highest BCUT2D eigenvalue weighted by atomic mass is 16.3. The molecule has 0 radical (unpaired) electrons. The van der Waals surface area contributed by atoms with Crippen molar-refractivity contribution in [2.24, 2.45) is 5.92 Å². The van der Waals surface area contributed by atoms with E-state index in [0.717, 1.165) is 31.6 Å². The van der Waals surface area contributed by atoms with Crippen LogP contribution in [0.3, 0.4) is 0 Å². The number of aliphatic hydroxyl groups excluding tert-OH is 2. The highest BCUT2D eigenvalue weighted by Gasteiger charge is 2.04. The summed E-state index contributed by atoms with van der Waals surface area (Å²) >= 11 is 0. The van der Waals surface area contributed by atoms with Gasteiger partial charge in [-0.05, 0) is 25.2 Å². The maximum Gasteiger partial charge on any atom is 0.0431 e. The minimum absolute atomic E-state index is 0.316. The van der Waals surface area contributed by atoms with Crippen LogP contribution < -0.4 is 0 Å². The zero-order valence-corrected chi connectivity index (χ0v) is 8.13. The molecule has 0 aromatic carbocycles. The van der Waals surface area contributed by atoms with Crippen LogP contribution in [0.5, 0.6) is 0 Å². The lowest BCUT2D eigenvalue weighted by molar-refractivity contribution is 0.256. The molecule has 12 heavy (non-hydrogen) atoms. The fraction of sp³-hybridized carbons (Fsp3) is 1.00. The second-order valence-corrected chi connectivity index (χ2v) is 3.36. The summed E-state index contributed by atoms with van der Waals surface area (Å²) in [7, 11) is 0. The Balaban J connectivity index is 3.26. The smallest absolute Gasteiger partial charge is 0.0431 e. The first kappa shape index (κ1) is 11.9. The highest BCUT2D eigenvalue weighted by Crippen LogP contribution is 2.17. The minimum Gasteiger partial charge on any atom is -0.396 e. The monoisotopic (exact) mass is 174 g/mol. The fourth-order valence-electron chi connectivity index (χ4n) is 1.48. The molecular weight excluding hydrogens is 152 g/mol. The molecule has 0 aliphatic heterocycles. The van der Waals surface area contributed by atoms with Crippen molar-refractivity contribution in [2.45, 2.75) is 45.4 Å². The summed E-state index contributed by atoms with van der Waals surface area (Å²) in [4.78, 5) is 0. The van der Waals surface area contributed by atoms with Crippen LogP contribution in [-0.4, -0.2) is 23.4 Å². The molecule has 0 amide bonds. The number of unbranched alkanes of at least 4 members (excludes halogenated alkanes) is 1. The van der Waals surface area contributed by atoms with Gasteiger partial charge < -0.3 is 10.2 Å². The van der Waals surface area contributed by atoms with E-state index in [1.54, 1.807) is 0 Å². The van der Waals surface area contributed by atoms with E-state index >= 15 is 0 Å². The van der Waals surface area contributed by atoms with Crippen LogP contribution >= 0.6 is 0 Å². The van der Waals surface area contributed by atoms with Crippen LogP contribution in [0.1, 0.15) is 45.4 Å². The van der Waals surface area contributed by atoms with Crippen molar-refractivity contribution in [3.05, 3.63) is 0 Å². The first-order valence-electron chi connectivity index (χ1n) is 5.06. The van der Waals surface area contributed by atoms with Crippen molar-refractivity contribution >= 4 is 0 Å². The third-order valence-corrected chi connectivity index (χ3v) is 2.37. The second kappa shape index (κ2) is 9.01. The van der Waals surface area contributed by atoms with Crippen LogP contribution in [0.4, 0.5) is 0 Å². The Morgan fingerprint density at radius 3 is 2.00 bits per heavy atom. The highest BCUT2D eigenvalue weighted by molar-refractivity contribution is 4.57. The Labute approximate surface area is 75.6 Å². The molecule has 0 aromatic rings. The lowest BCUT2D eigenvalue weighted by atomic mass is 9.94. The van der Waals surface area contributed by atoms with E-state index in [1.165, 1.54) is 12.8 Å². The zero-order chi connectivity index (χ0) is 9.23. The normalized spacial score (nSPS) is 13.2. The van der Waals surface area contributed by atoms with Crippen LogP contribution in [0.25, 0.3) is 0 Å². The first-order valence-corrected chi connectivity index (χ1v) is 5.06. The third kappa shape index (κ3) is 6.62. The Bertz CT molecular complexity index is 83.9. The van der Waals surface area contributed by atoms with Crippen molar-refractivity contribution < 1.29 is 10.2 Å². The summed E-state index contributed by atoms with van der Waals surface area (Å²) in [5.41, 5.74) is 0. The summed E-state index contributed by atoms with van der Waals surface area (Å²) in [5, 5.41) is 17.2. The SMILES string of the molecule is CCC(CCCO)CCCCO. The number of hydrogen-bond donors (Lipinski definition) is 2. The van der Waals surface area contributed by atoms with E-state index in [0.29, 0.717) is 13.2 Å². The first-order chi connectivity index (χ1) is 5.85. The number of hydrogen-bond acceptors (Lipinski definition) is 2. The predicted octanol–water partition coefficient (Wildman–Crippen LogP) is 1.95. The molecule has 0 saturated carbocycles.